The molecule has 3 heterocycles. The fraction of sp³-hybridized carbons (Fsp3) is 0.500. The first-order valence-corrected chi connectivity index (χ1v) is 12.0. The summed E-state index contributed by atoms with van der Waals surface area (Å²) in [5.74, 6) is 6.03. The van der Waals surface area contributed by atoms with Gasteiger partial charge in [-0.1, -0.05) is 25.5 Å². The van der Waals surface area contributed by atoms with E-state index in [1.807, 2.05) is 12.1 Å². The summed E-state index contributed by atoms with van der Waals surface area (Å²) in [4.78, 5) is 28.7. The second-order valence-electron chi connectivity index (χ2n) is 8.82. The zero-order valence-electron chi connectivity index (χ0n) is 19.7. The molecule has 2 aromatic heterocycles. The maximum atomic E-state index is 12.6. The van der Waals surface area contributed by atoms with Crippen LogP contribution >= 0.6 is 0 Å². The second kappa shape index (κ2) is 11.3. The number of piperidine rings is 1. The molecule has 0 atom stereocenters. The number of unbranched alkanes of at least 4 members (excludes halogenated alkanes) is 1. The molecular formula is C24H34N7O3+. The number of nitrogens with one attached hydrogen (secondary N) is 1. The van der Waals surface area contributed by atoms with Crippen molar-refractivity contribution >= 4 is 23.2 Å². The van der Waals surface area contributed by atoms with Crippen LogP contribution in [0.1, 0.15) is 50.2 Å². The van der Waals surface area contributed by atoms with Crippen LogP contribution in [0.25, 0.3) is 11.2 Å². The molecule has 5 N–H and O–H groups in total. The summed E-state index contributed by atoms with van der Waals surface area (Å²) < 4.78 is 9.54. The number of aromatic nitrogens is 4. The van der Waals surface area contributed by atoms with E-state index in [9.17, 15) is 4.79 Å². The first-order valence-electron chi connectivity index (χ1n) is 12.0. The average molecular weight is 469 g/mol. The molecule has 182 valence electrons. The summed E-state index contributed by atoms with van der Waals surface area (Å²) in [7, 11) is 0. The number of hydrogen-bond donors (Lipinski definition) is 3. The summed E-state index contributed by atoms with van der Waals surface area (Å²) in [6, 6.07) is 8.41. The van der Waals surface area contributed by atoms with Crippen LogP contribution in [-0.4, -0.2) is 56.6 Å². The van der Waals surface area contributed by atoms with E-state index in [-0.39, 0.29) is 17.5 Å². The summed E-state index contributed by atoms with van der Waals surface area (Å²) in [6.45, 7) is 5.65. The van der Waals surface area contributed by atoms with Crippen molar-refractivity contribution in [2.24, 2.45) is 11.8 Å². The number of imidazole rings is 1. The maximum Gasteiger partial charge on any atom is 0.328 e. The molecule has 34 heavy (non-hydrogen) atoms. The molecule has 10 heteroatoms. The molecule has 0 unspecified atom stereocenters. The highest BCUT2D eigenvalue weighted by Gasteiger charge is 2.21. The average Bonchev–Trinajstić information content (AvgIpc) is 3.16. The zero-order valence-corrected chi connectivity index (χ0v) is 19.7. The van der Waals surface area contributed by atoms with Crippen molar-refractivity contribution in [3.8, 4) is 6.01 Å². The molecule has 1 aliphatic heterocycles. The van der Waals surface area contributed by atoms with E-state index in [0.29, 0.717) is 36.8 Å². The molecule has 0 aliphatic carbocycles. The summed E-state index contributed by atoms with van der Waals surface area (Å²) in [5.41, 5.74) is 8.77. The van der Waals surface area contributed by atoms with Gasteiger partial charge in [0.1, 0.15) is 18.6 Å². The lowest BCUT2D eigenvalue weighted by atomic mass is 9.94. The van der Waals surface area contributed by atoms with Gasteiger partial charge in [-0.25, -0.2) is 15.3 Å². The second-order valence-corrected chi connectivity index (χ2v) is 8.82. The van der Waals surface area contributed by atoms with Gasteiger partial charge in [0.15, 0.2) is 17.7 Å². The minimum absolute atomic E-state index is 0.190. The van der Waals surface area contributed by atoms with Gasteiger partial charge in [0.05, 0.1) is 19.8 Å². The van der Waals surface area contributed by atoms with E-state index in [1.54, 1.807) is 4.57 Å². The standard InChI is InChI=1S/C24H33N7O3/c1-2-3-13-33-23-28-21(25)20-22(29-23)31(24(32)27-20)16-19-6-4-18(5-7-19)15-30-11-8-17(9-12-30)10-14-34-26/h4-7,15,17H,2-3,8-14,16,26H2,1H3,(H2-,25,27,28,29,32)/p+1. The molecular weight excluding hydrogens is 434 g/mol. The van der Waals surface area contributed by atoms with Crippen LogP contribution in [0.2, 0.25) is 0 Å². The van der Waals surface area contributed by atoms with Gasteiger partial charge in [-0.2, -0.15) is 9.97 Å². The number of nitrogen functional groups attached to an aromatic ring is 1. The van der Waals surface area contributed by atoms with Gasteiger partial charge in [0.25, 0.3) is 0 Å². The smallest absolute Gasteiger partial charge is 0.328 e. The van der Waals surface area contributed by atoms with E-state index in [2.05, 4.69) is 44.8 Å². The van der Waals surface area contributed by atoms with E-state index in [0.717, 1.165) is 56.3 Å². The zero-order chi connectivity index (χ0) is 23.9. The lowest BCUT2D eigenvalue weighted by Crippen LogP contribution is -2.27. The Morgan fingerprint density at radius 1 is 1.21 bits per heavy atom. The van der Waals surface area contributed by atoms with Gasteiger partial charge >= 0.3 is 11.7 Å². The lowest BCUT2D eigenvalue weighted by Gasteiger charge is -2.19. The molecule has 1 fully saturated rings. The van der Waals surface area contributed by atoms with Crippen molar-refractivity contribution in [1.29, 1.82) is 0 Å². The Morgan fingerprint density at radius 2 is 1.97 bits per heavy atom. The number of fused-ring (bicyclic) bond motifs is 1. The fourth-order valence-corrected chi connectivity index (χ4v) is 4.26. The van der Waals surface area contributed by atoms with Crippen LogP contribution in [0.4, 0.5) is 5.82 Å². The predicted molar refractivity (Wildman–Crippen MR) is 131 cm³/mol. The molecule has 0 saturated carbocycles. The van der Waals surface area contributed by atoms with Gasteiger partial charge in [0.2, 0.25) is 0 Å². The molecule has 3 aromatic rings. The van der Waals surface area contributed by atoms with E-state index in [1.165, 1.54) is 0 Å². The minimum Gasteiger partial charge on any atom is -0.463 e. The van der Waals surface area contributed by atoms with Gasteiger partial charge in [0, 0.05) is 18.4 Å². The first kappa shape index (κ1) is 23.9. The summed E-state index contributed by atoms with van der Waals surface area (Å²) in [5, 5.41) is 0. The monoisotopic (exact) mass is 468 g/mol. The molecule has 0 spiro atoms. The quantitative estimate of drug-likeness (QED) is 0.235. The largest absolute Gasteiger partial charge is 0.463 e. The van der Waals surface area contributed by atoms with Gasteiger partial charge in [-0.15, -0.1) is 0 Å². The molecule has 1 saturated heterocycles. The van der Waals surface area contributed by atoms with Crippen molar-refractivity contribution in [1.82, 2.24) is 19.5 Å². The SMILES string of the molecule is CCCCOc1nc(N)c2[nH]c(=O)n(Cc3ccc(C=[N+]4CCC(CCON)CC4)cc3)c2n1. The highest BCUT2D eigenvalue weighted by Crippen LogP contribution is 2.20. The highest BCUT2D eigenvalue weighted by molar-refractivity contribution is 5.82. The minimum atomic E-state index is -0.278. The number of nitrogens with two attached hydrogens (primary N) is 2. The highest BCUT2D eigenvalue weighted by atomic mass is 16.6. The van der Waals surface area contributed by atoms with Crippen molar-refractivity contribution in [3.63, 3.8) is 0 Å². The Bertz CT molecular complexity index is 1170. The van der Waals surface area contributed by atoms with E-state index >= 15 is 0 Å². The van der Waals surface area contributed by atoms with Crippen LogP contribution in [0.5, 0.6) is 6.01 Å². The van der Waals surface area contributed by atoms with Gasteiger partial charge in [-0.3, -0.25) is 4.57 Å². The number of nitrogens with zero attached hydrogens (tertiary/aromatic N) is 4. The molecule has 10 nitrogen and oxygen atoms in total. The third-order valence-electron chi connectivity index (χ3n) is 6.30. The van der Waals surface area contributed by atoms with Crippen LogP contribution in [0.3, 0.4) is 0 Å². The molecule has 1 aliphatic rings. The van der Waals surface area contributed by atoms with Gasteiger partial charge in [-0.05, 0) is 36.5 Å². The normalized spacial score (nSPS) is 16.2. The number of rotatable bonds is 10. The predicted octanol–water partition coefficient (Wildman–Crippen LogP) is 2.05. The lowest BCUT2D eigenvalue weighted by molar-refractivity contribution is -0.536. The Hall–Kier alpha value is -3.24. The number of anilines is 1. The number of aromatic amines is 1. The van der Waals surface area contributed by atoms with Crippen molar-refractivity contribution < 1.29 is 14.1 Å². The van der Waals surface area contributed by atoms with E-state index < -0.39 is 0 Å². The Kier molecular flexibility index (Phi) is 7.91. The third-order valence-corrected chi connectivity index (χ3v) is 6.30. The maximum absolute atomic E-state index is 12.6. The Morgan fingerprint density at radius 3 is 2.68 bits per heavy atom. The van der Waals surface area contributed by atoms with Crippen molar-refractivity contribution in [2.75, 3.05) is 32.0 Å². The number of hydrogen-bond acceptors (Lipinski definition) is 7. The molecule has 0 amide bonds. The molecule has 4 rings (SSSR count). The number of ether oxygens (including phenoxy) is 1. The fourth-order valence-electron chi connectivity index (χ4n) is 4.26. The van der Waals surface area contributed by atoms with E-state index in [4.69, 9.17) is 21.2 Å². The van der Waals surface area contributed by atoms with Crippen LogP contribution in [0.15, 0.2) is 29.1 Å². The summed E-state index contributed by atoms with van der Waals surface area (Å²) in [6.07, 6.45) is 7.42. The van der Waals surface area contributed by atoms with Crippen molar-refractivity contribution in [2.45, 2.75) is 45.6 Å². The van der Waals surface area contributed by atoms with Gasteiger partial charge < -0.3 is 20.3 Å². The van der Waals surface area contributed by atoms with Crippen molar-refractivity contribution in [3.05, 3.63) is 45.9 Å². The number of benzene rings is 1. The Labute approximate surface area is 198 Å². The number of H-pyrrole nitrogens is 1. The molecule has 1 aromatic carbocycles. The topological polar surface area (TPSA) is 137 Å². The first-order chi connectivity index (χ1) is 16.6. The molecule has 0 radical (unpaired) electrons. The summed E-state index contributed by atoms with van der Waals surface area (Å²) >= 11 is 0. The molecule has 0 bridgehead atoms. The third kappa shape index (κ3) is 5.81. The van der Waals surface area contributed by atoms with Crippen LogP contribution < -0.4 is 22.1 Å². The van der Waals surface area contributed by atoms with Crippen LogP contribution in [0, 0.1) is 5.92 Å². The Balaban J connectivity index is 1.45. The van der Waals surface area contributed by atoms with Crippen LogP contribution in [-0.2, 0) is 11.4 Å².